The quantitative estimate of drug-likeness (QED) is 0.145. The summed E-state index contributed by atoms with van der Waals surface area (Å²) < 4.78 is 98.7. The predicted octanol–water partition coefficient (Wildman–Crippen LogP) is 7.65. The van der Waals surface area contributed by atoms with Crippen LogP contribution in [0.4, 0.5) is 19.3 Å². The number of hydrogen-bond acceptors (Lipinski definition) is 8. The molecule has 278 valence electrons. The molecule has 3 aromatic carbocycles. The zero-order chi connectivity index (χ0) is 38.5. The van der Waals surface area contributed by atoms with Gasteiger partial charge in [0, 0.05) is 48.2 Å². The molecule has 0 amide bonds. The molecule has 15 heteroatoms. The Kier molecular flexibility index (Phi) is 10.4. The molecule has 1 atom stereocenters. The van der Waals surface area contributed by atoms with Crippen LogP contribution in [-0.2, 0) is 24.8 Å². The van der Waals surface area contributed by atoms with Crippen LogP contribution in [0.5, 0.6) is 0 Å². The number of likely N-dealkylation sites (N-methyl/N-ethyl adjacent to an activating group) is 1. The van der Waals surface area contributed by atoms with Gasteiger partial charge in [-0.25, -0.2) is 35.0 Å². The highest BCUT2D eigenvalue weighted by molar-refractivity contribution is 7.92. The summed E-state index contributed by atoms with van der Waals surface area (Å²) in [6, 6.07) is 14.1. The molecular weight excluding hydrogens is 715 g/mol. The minimum atomic E-state index is -4.52. The third kappa shape index (κ3) is 7.30. The van der Waals surface area contributed by atoms with Gasteiger partial charge in [0.2, 0.25) is 10.0 Å². The first-order valence-electron chi connectivity index (χ1n) is 16.5. The lowest BCUT2D eigenvalue weighted by Crippen LogP contribution is -2.37. The van der Waals surface area contributed by atoms with Crippen LogP contribution in [0.15, 0.2) is 76.7 Å². The van der Waals surface area contributed by atoms with Crippen molar-refractivity contribution in [2.75, 3.05) is 30.7 Å². The Morgan fingerprint density at radius 1 is 1.04 bits per heavy atom. The van der Waals surface area contributed by atoms with Gasteiger partial charge in [-0.2, -0.15) is 4.31 Å². The van der Waals surface area contributed by atoms with Crippen molar-refractivity contribution >= 4 is 59.4 Å². The summed E-state index contributed by atoms with van der Waals surface area (Å²) in [5.41, 5.74) is 7.03. The molecule has 11 nitrogen and oxygen atoms in total. The van der Waals surface area contributed by atoms with Gasteiger partial charge in [-0.15, -0.1) is 0 Å². The number of nitrogens with zero attached hydrogens (tertiary/aromatic N) is 3. The predicted molar refractivity (Wildman–Crippen MR) is 199 cm³/mol. The molecule has 0 aliphatic heterocycles. The molecule has 0 aliphatic rings. The van der Waals surface area contributed by atoms with E-state index in [1.54, 1.807) is 39.8 Å². The largest absolute Gasteiger partial charge is 0.455 e. The third-order valence-electron chi connectivity index (χ3n) is 8.73. The van der Waals surface area contributed by atoms with Gasteiger partial charge in [0.1, 0.15) is 28.6 Å². The van der Waals surface area contributed by atoms with Gasteiger partial charge in [-0.1, -0.05) is 32.6 Å². The summed E-state index contributed by atoms with van der Waals surface area (Å²) in [6.07, 6.45) is 0.314. The molecule has 0 fully saturated rings. The van der Waals surface area contributed by atoms with E-state index in [2.05, 4.69) is 6.58 Å². The van der Waals surface area contributed by atoms with E-state index >= 15 is 4.39 Å². The number of benzene rings is 3. The highest BCUT2D eigenvalue weighted by Gasteiger charge is 2.35. The maximum absolute atomic E-state index is 15.2. The number of hydrogen-bond donors (Lipinski definition) is 1. The molecule has 0 bridgehead atoms. The third-order valence-corrected chi connectivity index (χ3v) is 11.8. The second-order valence-corrected chi connectivity index (χ2v) is 17.4. The van der Waals surface area contributed by atoms with Crippen molar-refractivity contribution in [2.45, 2.75) is 57.6 Å². The summed E-state index contributed by atoms with van der Waals surface area (Å²) in [7, 11) is -6.98. The first-order chi connectivity index (χ1) is 24.2. The van der Waals surface area contributed by atoms with E-state index in [1.165, 1.54) is 49.5 Å². The van der Waals surface area contributed by atoms with Crippen molar-refractivity contribution in [3.8, 4) is 11.3 Å². The van der Waals surface area contributed by atoms with Crippen LogP contribution in [0.1, 0.15) is 58.1 Å². The van der Waals surface area contributed by atoms with Crippen LogP contribution in [0.2, 0.25) is 0 Å². The van der Waals surface area contributed by atoms with Crippen molar-refractivity contribution in [3.05, 3.63) is 90.0 Å². The Labute approximate surface area is 302 Å². The Balaban J connectivity index is 1.69. The first kappa shape index (κ1) is 38.5. The Hall–Kier alpha value is -4.73. The summed E-state index contributed by atoms with van der Waals surface area (Å²) in [5, 5.41) is 0.182. The van der Waals surface area contributed by atoms with Gasteiger partial charge >= 0.3 is 6.09 Å². The maximum Gasteiger partial charge on any atom is 0.420 e. The molecule has 2 aromatic heterocycles. The highest BCUT2D eigenvalue weighted by Crippen LogP contribution is 2.42. The zero-order valence-corrected chi connectivity index (χ0v) is 31.7. The topological polar surface area (TPSA) is 145 Å². The number of sulfonamides is 2. The molecule has 52 heavy (non-hydrogen) atoms. The highest BCUT2D eigenvalue weighted by atomic mass is 32.2. The van der Waals surface area contributed by atoms with Crippen molar-refractivity contribution in [3.63, 3.8) is 0 Å². The minimum absolute atomic E-state index is 0.0536. The van der Waals surface area contributed by atoms with Crippen LogP contribution in [0.25, 0.3) is 38.9 Å². The summed E-state index contributed by atoms with van der Waals surface area (Å²) in [6.45, 7) is 12.0. The number of fused-ring (bicyclic) bond motifs is 2. The normalized spacial score (nSPS) is 13.2. The molecule has 0 aliphatic carbocycles. The van der Waals surface area contributed by atoms with Gasteiger partial charge in [0.15, 0.2) is 5.03 Å². The van der Waals surface area contributed by atoms with Crippen LogP contribution >= 0.6 is 0 Å². The summed E-state index contributed by atoms with van der Waals surface area (Å²) >= 11 is 0. The number of rotatable bonds is 11. The fraction of sp³-hybridized carbons (Fsp3) is 0.324. The van der Waals surface area contributed by atoms with E-state index in [0.717, 1.165) is 25.5 Å². The Bertz CT molecular complexity index is 2410. The molecule has 0 saturated heterocycles. The Morgan fingerprint density at radius 3 is 2.25 bits per heavy atom. The van der Waals surface area contributed by atoms with E-state index in [4.69, 9.17) is 14.9 Å². The molecule has 0 spiro atoms. The monoisotopic (exact) mass is 756 g/mol. The molecule has 5 rings (SSSR count). The van der Waals surface area contributed by atoms with E-state index in [9.17, 15) is 26.0 Å². The molecule has 2 heterocycles. The van der Waals surface area contributed by atoms with Crippen molar-refractivity contribution < 1.29 is 39.6 Å². The van der Waals surface area contributed by atoms with Crippen LogP contribution in [-0.4, -0.2) is 63.8 Å². The standard InChI is InChI=1S/C37H42F2N4O7S2/c1-9-23(21-42(10-2)52(47,48)32-18-25-12-11-13-29(39)34(25)43(32)36(44)50-37(4,5)6)27-19-28-31(20-30(27)41(7)51(8,45)46)49-35(33(28)22(3)40)24-14-16-26(38)17-15-24/h11-20,23H,3,9-10,21,40H2,1-2,4-8H3/t23-/m0/s1. The maximum atomic E-state index is 15.2. The van der Waals surface area contributed by atoms with Crippen LogP contribution in [0, 0.1) is 11.6 Å². The van der Waals surface area contributed by atoms with Gasteiger partial charge in [0.25, 0.3) is 10.0 Å². The van der Waals surface area contributed by atoms with E-state index in [0.29, 0.717) is 34.3 Å². The number of ether oxygens (including phenoxy) is 1. The number of aromatic nitrogens is 1. The minimum Gasteiger partial charge on any atom is -0.455 e. The Morgan fingerprint density at radius 2 is 1.69 bits per heavy atom. The number of anilines is 1. The second kappa shape index (κ2) is 14.0. The van der Waals surface area contributed by atoms with Gasteiger partial charge in [-0.3, -0.25) is 4.31 Å². The van der Waals surface area contributed by atoms with Crippen LogP contribution in [0.3, 0.4) is 0 Å². The summed E-state index contributed by atoms with van der Waals surface area (Å²) in [4.78, 5) is 13.5. The van der Waals surface area contributed by atoms with Gasteiger partial charge in [0.05, 0.1) is 23.0 Å². The molecular formula is C37H42F2N4O7S2. The smallest absolute Gasteiger partial charge is 0.420 e. The van der Waals surface area contributed by atoms with Crippen LogP contribution < -0.4 is 10.0 Å². The second-order valence-electron chi connectivity index (χ2n) is 13.5. The zero-order valence-electron chi connectivity index (χ0n) is 30.0. The number of carbonyl (C=O) groups is 1. The van der Waals surface area contributed by atoms with E-state index in [-0.39, 0.29) is 41.0 Å². The van der Waals surface area contributed by atoms with E-state index in [1.807, 2.05) is 6.92 Å². The molecule has 0 saturated carbocycles. The fourth-order valence-corrected chi connectivity index (χ4v) is 8.31. The molecule has 0 unspecified atom stereocenters. The number of nitrogens with two attached hydrogens (primary N) is 1. The molecule has 0 radical (unpaired) electrons. The summed E-state index contributed by atoms with van der Waals surface area (Å²) in [5.74, 6) is -1.60. The van der Waals surface area contributed by atoms with Crippen molar-refractivity contribution in [2.24, 2.45) is 5.73 Å². The SMILES string of the molecule is C=C(N)c1c(-c2ccc(F)cc2)oc2cc(N(C)S(C)(=O)=O)c([C@@H](CC)CN(CC)S(=O)(=O)c3cc4cccc(F)c4n3C(=O)OC(C)(C)C)cc12. The first-order valence-corrected chi connectivity index (χ1v) is 19.8. The number of carbonyl (C=O) groups excluding carboxylic acids is 1. The average molecular weight is 757 g/mol. The molecule has 2 N–H and O–H groups in total. The van der Waals surface area contributed by atoms with Gasteiger partial charge < -0.3 is 14.9 Å². The number of halogens is 2. The average Bonchev–Trinajstić information content (AvgIpc) is 3.64. The van der Waals surface area contributed by atoms with E-state index < -0.39 is 54.3 Å². The lowest BCUT2D eigenvalue weighted by atomic mass is 9.92. The lowest BCUT2D eigenvalue weighted by Gasteiger charge is -2.29. The van der Waals surface area contributed by atoms with Gasteiger partial charge in [-0.05, 0) is 81.1 Å². The van der Waals surface area contributed by atoms with Crippen molar-refractivity contribution in [1.29, 1.82) is 0 Å². The van der Waals surface area contributed by atoms with Crippen molar-refractivity contribution in [1.82, 2.24) is 8.87 Å². The number of para-hydroxylation sites is 1. The lowest BCUT2D eigenvalue weighted by molar-refractivity contribution is 0.0528. The number of furan rings is 1. The molecule has 5 aromatic rings. The fourth-order valence-electron chi connectivity index (χ4n) is 6.14.